The fourth-order valence-electron chi connectivity index (χ4n) is 1.89. The van der Waals surface area contributed by atoms with Crippen LogP contribution in [0.15, 0.2) is 29.6 Å². The molecule has 1 aromatic heterocycles. The van der Waals surface area contributed by atoms with Crippen LogP contribution in [0.4, 0.5) is 10.7 Å². The first-order chi connectivity index (χ1) is 10.0. The summed E-state index contributed by atoms with van der Waals surface area (Å²) in [7, 11) is 0. The van der Waals surface area contributed by atoms with Crippen molar-refractivity contribution >= 4 is 33.9 Å². The third-order valence-electron chi connectivity index (χ3n) is 2.75. The van der Waals surface area contributed by atoms with E-state index in [2.05, 4.69) is 5.32 Å². The average Bonchev–Trinajstić information content (AvgIpc) is 2.86. The maximum atomic E-state index is 12.2. The normalized spacial score (nSPS) is 10.2. The van der Waals surface area contributed by atoms with Crippen molar-refractivity contribution in [3.8, 4) is 0 Å². The van der Waals surface area contributed by atoms with Crippen molar-refractivity contribution in [1.82, 2.24) is 0 Å². The maximum absolute atomic E-state index is 12.2. The topological polar surface area (TPSA) is 81.4 Å². The van der Waals surface area contributed by atoms with Crippen LogP contribution in [0.2, 0.25) is 0 Å². The molecule has 0 bridgehead atoms. The summed E-state index contributed by atoms with van der Waals surface area (Å²) in [4.78, 5) is 24.0. The molecule has 0 aliphatic carbocycles. The van der Waals surface area contributed by atoms with Crippen LogP contribution in [0.5, 0.6) is 0 Å². The molecule has 3 N–H and O–H groups in total. The summed E-state index contributed by atoms with van der Waals surface area (Å²) in [6, 6.07) is 6.75. The number of ether oxygens (including phenoxy) is 1. The van der Waals surface area contributed by atoms with Crippen LogP contribution in [-0.4, -0.2) is 18.5 Å². The van der Waals surface area contributed by atoms with E-state index in [4.69, 9.17) is 10.5 Å². The molecular formula is C15H16N2O3S. The van der Waals surface area contributed by atoms with E-state index in [1.807, 2.05) is 6.92 Å². The molecule has 1 heterocycles. The number of hydrogen-bond acceptors (Lipinski definition) is 5. The summed E-state index contributed by atoms with van der Waals surface area (Å²) < 4.78 is 4.95. The first kappa shape index (κ1) is 15.1. The van der Waals surface area contributed by atoms with Crippen LogP contribution in [0, 0.1) is 6.92 Å². The molecule has 0 radical (unpaired) electrons. The molecule has 0 atom stereocenters. The van der Waals surface area contributed by atoms with Crippen molar-refractivity contribution in [3.63, 3.8) is 0 Å². The Balaban J connectivity index is 2.20. The minimum atomic E-state index is -0.446. The van der Waals surface area contributed by atoms with Gasteiger partial charge in [-0.2, -0.15) is 0 Å². The van der Waals surface area contributed by atoms with Gasteiger partial charge in [-0.1, -0.05) is 0 Å². The lowest BCUT2D eigenvalue weighted by Crippen LogP contribution is -2.14. The molecule has 6 heteroatoms. The Hall–Kier alpha value is -2.34. The number of esters is 1. The Labute approximate surface area is 126 Å². The third-order valence-corrected chi connectivity index (χ3v) is 3.58. The van der Waals surface area contributed by atoms with Crippen molar-refractivity contribution in [1.29, 1.82) is 0 Å². The number of anilines is 2. The zero-order valence-electron chi connectivity index (χ0n) is 11.8. The number of nitrogens with two attached hydrogens (primary N) is 1. The standard InChI is InChI=1S/C15H16N2O3S/c1-3-20-15(19)12-4-5-21-14(12)17-13(18)10-6-9(2)7-11(16)8-10/h4-8H,3,16H2,1-2H3,(H,17,18). The zero-order valence-corrected chi connectivity index (χ0v) is 12.6. The second-order valence-electron chi connectivity index (χ2n) is 4.47. The predicted octanol–water partition coefficient (Wildman–Crippen LogP) is 3.07. The number of hydrogen-bond donors (Lipinski definition) is 2. The van der Waals surface area contributed by atoms with E-state index in [0.29, 0.717) is 21.8 Å². The van der Waals surface area contributed by atoms with Gasteiger partial charge in [0.25, 0.3) is 5.91 Å². The number of aryl methyl sites for hydroxylation is 1. The van der Waals surface area contributed by atoms with E-state index < -0.39 is 5.97 Å². The van der Waals surface area contributed by atoms with Gasteiger partial charge in [-0.05, 0) is 49.1 Å². The van der Waals surface area contributed by atoms with E-state index in [0.717, 1.165) is 5.56 Å². The fourth-order valence-corrected chi connectivity index (χ4v) is 2.66. The Morgan fingerprint density at radius 2 is 2.10 bits per heavy atom. The molecular weight excluding hydrogens is 288 g/mol. The third kappa shape index (κ3) is 3.61. The number of benzene rings is 1. The molecule has 1 amide bonds. The van der Waals surface area contributed by atoms with Crippen LogP contribution in [0.1, 0.15) is 33.2 Å². The SMILES string of the molecule is CCOC(=O)c1ccsc1NC(=O)c1cc(C)cc(N)c1. The summed E-state index contributed by atoms with van der Waals surface area (Å²) in [5.74, 6) is -0.754. The van der Waals surface area contributed by atoms with Crippen LogP contribution in [0.25, 0.3) is 0 Å². The Kier molecular flexibility index (Phi) is 4.59. The van der Waals surface area contributed by atoms with Gasteiger partial charge in [0.2, 0.25) is 0 Å². The van der Waals surface area contributed by atoms with Gasteiger partial charge in [0.1, 0.15) is 5.00 Å². The van der Waals surface area contributed by atoms with Gasteiger partial charge < -0.3 is 15.8 Å². The fraction of sp³-hybridized carbons (Fsp3) is 0.200. The van der Waals surface area contributed by atoms with Gasteiger partial charge in [0, 0.05) is 11.3 Å². The van der Waals surface area contributed by atoms with Gasteiger partial charge in [0.05, 0.1) is 12.2 Å². The van der Waals surface area contributed by atoms with Crippen molar-refractivity contribution in [2.75, 3.05) is 17.7 Å². The lowest BCUT2D eigenvalue weighted by molar-refractivity contribution is 0.0528. The van der Waals surface area contributed by atoms with Crippen LogP contribution < -0.4 is 11.1 Å². The van der Waals surface area contributed by atoms with Crippen molar-refractivity contribution < 1.29 is 14.3 Å². The van der Waals surface area contributed by atoms with Crippen molar-refractivity contribution in [3.05, 3.63) is 46.3 Å². The molecule has 110 valence electrons. The van der Waals surface area contributed by atoms with Gasteiger partial charge in [-0.25, -0.2) is 4.79 Å². The van der Waals surface area contributed by atoms with Gasteiger partial charge >= 0.3 is 5.97 Å². The van der Waals surface area contributed by atoms with E-state index >= 15 is 0 Å². The maximum Gasteiger partial charge on any atom is 0.341 e. The molecule has 0 saturated carbocycles. The van der Waals surface area contributed by atoms with E-state index in [1.54, 1.807) is 36.6 Å². The summed E-state index contributed by atoms with van der Waals surface area (Å²) in [6.07, 6.45) is 0. The molecule has 0 unspecified atom stereocenters. The van der Waals surface area contributed by atoms with Crippen molar-refractivity contribution in [2.24, 2.45) is 0 Å². The monoisotopic (exact) mass is 304 g/mol. The zero-order chi connectivity index (χ0) is 15.4. The summed E-state index contributed by atoms with van der Waals surface area (Å²) in [5, 5.41) is 4.92. The highest BCUT2D eigenvalue weighted by Crippen LogP contribution is 2.25. The molecule has 0 fully saturated rings. The summed E-state index contributed by atoms with van der Waals surface area (Å²) >= 11 is 1.27. The first-order valence-corrected chi connectivity index (χ1v) is 7.32. The smallest absolute Gasteiger partial charge is 0.341 e. The molecule has 0 spiro atoms. The van der Waals surface area contributed by atoms with Crippen LogP contribution in [0.3, 0.4) is 0 Å². The second kappa shape index (κ2) is 6.41. The first-order valence-electron chi connectivity index (χ1n) is 6.44. The van der Waals surface area contributed by atoms with Crippen LogP contribution in [-0.2, 0) is 4.74 Å². The van der Waals surface area contributed by atoms with E-state index in [-0.39, 0.29) is 12.5 Å². The van der Waals surface area contributed by atoms with E-state index in [9.17, 15) is 9.59 Å². The number of carbonyl (C=O) groups excluding carboxylic acids is 2. The molecule has 0 aliphatic heterocycles. The number of rotatable bonds is 4. The van der Waals surface area contributed by atoms with E-state index in [1.165, 1.54) is 11.3 Å². The largest absolute Gasteiger partial charge is 0.462 e. The lowest BCUT2D eigenvalue weighted by atomic mass is 10.1. The minimum Gasteiger partial charge on any atom is -0.462 e. The Morgan fingerprint density at radius 3 is 2.76 bits per heavy atom. The number of nitrogens with one attached hydrogen (secondary N) is 1. The molecule has 21 heavy (non-hydrogen) atoms. The predicted molar refractivity (Wildman–Crippen MR) is 83.8 cm³/mol. The minimum absolute atomic E-state index is 0.288. The lowest BCUT2D eigenvalue weighted by Gasteiger charge is -2.07. The van der Waals surface area contributed by atoms with Gasteiger partial charge in [0.15, 0.2) is 0 Å². The molecule has 0 aliphatic rings. The number of nitrogen functional groups attached to an aromatic ring is 1. The Bertz CT molecular complexity index is 659. The molecule has 5 nitrogen and oxygen atoms in total. The quantitative estimate of drug-likeness (QED) is 0.672. The van der Waals surface area contributed by atoms with Crippen LogP contribution >= 0.6 is 11.3 Å². The van der Waals surface area contributed by atoms with Gasteiger partial charge in [-0.3, -0.25) is 4.79 Å². The molecule has 2 aromatic rings. The highest BCUT2D eigenvalue weighted by atomic mass is 32.1. The second-order valence-corrected chi connectivity index (χ2v) is 5.39. The molecule has 0 saturated heterocycles. The molecule has 1 aromatic carbocycles. The Morgan fingerprint density at radius 1 is 1.33 bits per heavy atom. The summed E-state index contributed by atoms with van der Waals surface area (Å²) in [6.45, 7) is 3.89. The highest BCUT2D eigenvalue weighted by Gasteiger charge is 2.17. The molecule has 2 rings (SSSR count). The summed E-state index contributed by atoms with van der Waals surface area (Å²) in [5.41, 5.74) is 7.97. The van der Waals surface area contributed by atoms with Crippen molar-refractivity contribution in [2.45, 2.75) is 13.8 Å². The van der Waals surface area contributed by atoms with Gasteiger partial charge in [-0.15, -0.1) is 11.3 Å². The highest BCUT2D eigenvalue weighted by molar-refractivity contribution is 7.14. The number of carbonyl (C=O) groups is 2. The number of amides is 1. The average molecular weight is 304 g/mol. The number of thiophene rings is 1.